The molecule has 0 radical (unpaired) electrons. The minimum atomic E-state index is -0.338. The van der Waals surface area contributed by atoms with Gasteiger partial charge in [0.25, 0.3) is 11.1 Å². The van der Waals surface area contributed by atoms with E-state index in [-0.39, 0.29) is 41.8 Å². The summed E-state index contributed by atoms with van der Waals surface area (Å²) in [6.07, 6.45) is 6.07. The Balaban J connectivity index is 1.32. The van der Waals surface area contributed by atoms with Gasteiger partial charge in [0.05, 0.1) is 17.3 Å². The molecule has 0 atom stereocenters. The maximum Gasteiger partial charge on any atom is 0.273 e. The van der Waals surface area contributed by atoms with Crippen LogP contribution in [-0.4, -0.2) is 57.6 Å². The lowest BCUT2D eigenvalue weighted by Gasteiger charge is -2.34. The quantitative estimate of drug-likeness (QED) is 0.805. The summed E-state index contributed by atoms with van der Waals surface area (Å²) >= 11 is 0. The van der Waals surface area contributed by atoms with E-state index in [4.69, 9.17) is 0 Å². The standard InChI is InChI=1S/C23H30N4O4/c28-20(11-16-27-23(31)19-8-4-3-7-18(19)21(29)24-27)25-14-9-17(10-15-25)22(30)26-12-5-1-2-6-13-26/h3-4,7-8,17H,1-2,5-6,9-16H2,(H,24,29). The molecule has 0 spiro atoms. The van der Waals surface area contributed by atoms with Crippen molar-refractivity contribution < 1.29 is 9.59 Å². The molecule has 8 heteroatoms. The van der Waals surface area contributed by atoms with Crippen molar-refractivity contribution >= 4 is 22.6 Å². The third kappa shape index (κ3) is 4.73. The third-order valence-electron chi connectivity index (χ3n) is 6.55. The molecule has 2 saturated heterocycles. The topological polar surface area (TPSA) is 95.5 Å². The Kier molecular flexibility index (Phi) is 6.53. The molecule has 0 bridgehead atoms. The summed E-state index contributed by atoms with van der Waals surface area (Å²) in [4.78, 5) is 54.1. The Labute approximate surface area is 180 Å². The maximum absolute atomic E-state index is 12.8. The Morgan fingerprint density at radius 1 is 0.871 bits per heavy atom. The molecule has 0 unspecified atom stereocenters. The molecule has 2 fully saturated rings. The van der Waals surface area contributed by atoms with Crippen LogP contribution in [-0.2, 0) is 16.1 Å². The number of benzene rings is 1. The fraction of sp³-hybridized carbons (Fsp3) is 0.565. The van der Waals surface area contributed by atoms with Gasteiger partial charge in [0.1, 0.15) is 0 Å². The molecule has 31 heavy (non-hydrogen) atoms. The van der Waals surface area contributed by atoms with Crippen LogP contribution in [0.5, 0.6) is 0 Å². The number of rotatable bonds is 4. The van der Waals surface area contributed by atoms with Gasteiger partial charge < -0.3 is 9.80 Å². The average molecular weight is 427 g/mol. The SMILES string of the molecule is O=C(CCn1[nH]c(=O)c2ccccc2c1=O)N1CCC(C(=O)N2CCCCCC2)CC1. The second-order valence-electron chi connectivity index (χ2n) is 8.59. The fourth-order valence-electron chi connectivity index (χ4n) is 4.69. The van der Waals surface area contributed by atoms with E-state index in [0.717, 1.165) is 25.9 Å². The van der Waals surface area contributed by atoms with Crippen molar-refractivity contribution in [2.75, 3.05) is 26.2 Å². The predicted octanol–water partition coefficient (Wildman–Crippen LogP) is 1.72. The molecule has 0 aliphatic carbocycles. The highest BCUT2D eigenvalue weighted by molar-refractivity contribution is 5.81. The number of carbonyl (C=O) groups is 2. The first-order chi connectivity index (χ1) is 15.0. The first-order valence-electron chi connectivity index (χ1n) is 11.3. The summed E-state index contributed by atoms with van der Waals surface area (Å²) in [5, 5.41) is 3.27. The monoisotopic (exact) mass is 426 g/mol. The number of aromatic nitrogens is 2. The molecule has 2 aliphatic rings. The Morgan fingerprint density at radius 2 is 1.52 bits per heavy atom. The Bertz CT molecular complexity index is 1060. The van der Waals surface area contributed by atoms with E-state index in [1.807, 2.05) is 4.90 Å². The molecule has 2 amide bonds. The van der Waals surface area contributed by atoms with Crippen molar-refractivity contribution in [3.63, 3.8) is 0 Å². The van der Waals surface area contributed by atoms with Gasteiger partial charge in [-0.05, 0) is 37.8 Å². The van der Waals surface area contributed by atoms with Gasteiger partial charge in [-0.1, -0.05) is 25.0 Å². The second kappa shape index (κ2) is 9.49. The van der Waals surface area contributed by atoms with Gasteiger partial charge in [-0.3, -0.25) is 24.3 Å². The van der Waals surface area contributed by atoms with Crippen LogP contribution in [0.2, 0.25) is 0 Å². The zero-order chi connectivity index (χ0) is 21.8. The summed E-state index contributed by atoms with van der Waals surface area (Å²) in [6, 6.07) is 6.67. The lowest BCUT2D eigenvalue weighted by molar-refractivity contribution is -0.140. The molecule has 0 saturated carbocycles. The lowest BCUT2D eigenvalue weighted by atomic mass is 9.95. The van der Waals surface area contributed by atoms with E-state index in [0.29, 0.717) is 36.7 Å². The number of nitrogens with zero attached hydrogens (tertiary/aromatic N) is 3. The fourth-order valence-corrected chi connectivity index (χ4v) is 4.69. The average Bonchev–Trinajstić information content (AvgIpc) is 3.09. The molecule has 2 aromatic rings. The van der Waals surface area contributed by atoms with E-state index in [1.165, 1.54) is 17.5 Å². The van der Waals surface area contributed by atoms with Crippen molar-refractivity contribution in [2.45, 2.75) is 51.5 Å². The Hall–Kier alpha value is -2.90. The van der Waals surface area contributed by atoms with Crippen LogP contribution in [0, 0.1) is 5.92 Å². The molecule has 1 N–H and O–H groups in total. The van der Waals surface area contributed by atoms with Crippen molar-refractivity contribution in [3.8, 4) is 0 Å². The first kappa shape index (κ1) is 21.3. The van der Waals surface area contributed by atoms with Crippen LogP contribution in [0.4, 0.5) is 0 Å². The number of hydrogen-bond donors (Lipinski definition) is 1. The molecule has 8 nitrogen and oxygen atoms in total. The normalized spacial score (nSPS) is 18.2. The molecule has 1 aromatic heterocycles. The van der Waals surface area contributed by atoms with Gasteiger partial charge in [-0.2, -0.15) is 0 Å². The van der Waals surface area contributed by atoms with E-state index in [1.54, 1.807) is 29.2 Å². The van der Waals surface area contributed by atoms with E-state index < -0.39 is 0 Å². The van der Waals surface area contributed by atoms with Crippen molar-refractivity contribution in [1.82, 2.24) is 19.6 Å². The summed E-state index contributed by atoms with van der Waals surface area (Å²) in [5.41, 5.74) is -0.639. The molecular weight excluding hydrogens is 396 g/mol. The van der Waals surface area contributed by atoms with Crippen LogP contribution >= 0.6 is 0 Å². The number of fused-ring (bicyclic) bond motifs is 1. The van der Waals surface area contributed by atoms with Crippen LogP contribution < -0.4 is 11.1 Å². The predicted molar refractivity (Wildman–Crippen MR) is 118 cm³/mol. The Morgan fingerprint density at radius 3 is 2.19 bits per heavy atom. The maximum atomic E-state index is 12.8. The third-order valence-corrected chi connectivity index (χ3v) is 6.55. The number of carbonyl (C=O) groups excluding carboxylic acids is 2. The lowest BCUT2D eigenvalue weighted by Crippen LogP contribution is -2.45. The van der Waals surface area contributed by atoms with Gasteiger partial charge in [-0.15, -0.1) is 0 Å². The highest BCUT2D eigenvalue weighted by Gasteiger charge is 2.30. The minimum Gasteiger partial charge on any atom is -0.343 e. The molecule has 3 heterocycles. The van der Waals surface area contributed by atoms with Gasteiger partial charge in [0.15, 0.2) is 0 Å². The summed E-state index contributed by atoms with van der Waals surface area (Å²) < 4.78 is 1.22. The van der Waals surface area contributed by atoms with Crippen LogP contribution in [0.15, 0.2) is 33.9 Å². The number of hydrogen-bond acceptors (Lipinski definition) is 4. The van der Waals surface area contributed by atoms with Crippen molar-refractivity contribution in [1.29, 1.82) is 0 Å². The number of amides is 2. The second-order valence-corrected chi connectivity index (χ2v) is 8.59. The largest absolute Gasteiger partial charge is 0.343 e. The van der Waals surface area contributed by atoms with E-state index in [2.05, 4.69) is 5.10 Å². The minimum absolute atomic E-state index is 0.00149. The molecular formula is C23H30N4O4. The van der Waals surface area contributed by atoms with Crippen LogP contribution in [0.25, 0.3) is 10.8 Å². The van der Waals surface area contributed by atoms with E-state index in [9.17, 15) is 19.2 Å². The van der Waals surface area contributed by atoms with Crippen LogP contribution in [0.1, 0.15) is 44.9 Å². The highest BCUT2D eigenvalue weighted by Crippen LogP contribution is 2.22. The zero-order valence-electron chi connectivity index (χ0n) is 17.8. The molecule has 1 aromatic carbocycles. The summed E-state index contributed by atoms with van der Waals surface area (Å²) in [6.45, 7) is 2.97. The molecule has 4 rings (SSSR count). The number of H-pyrrole nitrogens is 1. The van der Waals surface area contributed by atoms with Gasteiger partial charge in [0, 0.05) is 38.5 Å². The number of aryl methyl sites for hydroxylation is 1. The van der Waals surface area contributed by atoms with Crippen molar-refractivity contribution in [2.24, 2.45) is 5.92 Å². The summed E-state index contributed by atoms with van der Waals surface area (Å²) in [5.74, 6) is 0.192. The summed E-state index contributed by atoms with van der Waals surface area (Å²) in [7, 11) is 0. The van der Waals surface area contributed by atoms with Crippen LogP contribution in [0.3, 0.4) is 0 Å². The van der Waals surface area contributed by atoms with E-state index >= 15 is 0 Å². The van der Waals surface area contributed by atoms with Gasteiger partial charge in [-0.25, -0.2) is 4.68 Å². The molecule has 2 aliphatic heterocycles. The number of likely N-dealkylation sites (tertiary alicyclic amines) is 2. The first-order valence-corrected chi connectivity index (χ1v) is 11.3. The highest BCUT2D eigenvalue weighted by atomic mass is 16.2. The molecule has 166 valence electrons. The smallest absolute Gasteiger partial charge is 0.273 e. The van der Waals surface area contributed by atoms with Gasteiger partial charge in [0.2, 0.25) is 11.8 Å². The number of piperidine rings is 1. The number of aromatic amines is 1. The van der Waals surface area contributed by atoms with Crippen molar-refractivity contribution in [3.05, 3.63) is 45.0 Å². The van der Waals surface area contributed by atoms with Gasteiger partial charge >= 0.3 is 0 Å². The zero-order valence-corrected chi connectivity index (χ0v) is 17.8. The number of nitrogens with one attached hydrogen (secondary N) is 1.